The van der Waals surface area contributed by atoms with E-state index in [2.05, 4.69) is 28.5 Å². The van der Waals surface area contributed by atoms with E-state index >= 15 is 0 Å². The first kappa shape index (κ1) is 17.7. The SMILES string of the molecule is COc1ccc(CCCC(=O)N/N=C\c2c[nH]c3ccccc23)c(C)c1. The van der Waals surface area contributed by atoms with Crippen LogP contribution < -0.4 is 10.2 Å². The topological polar surface area (TPSA) is 66.5 Å². The summed E-state index contributed by atoms with van der Waals surface area (Å²) in [4.78, 5) is 15.1. The van der Waals surface area contributed by atoms with Crippen LogP contribution in [0, 0.1) is 6.92 Å². The van der Waals surface area contributed by atoms with Crippen molar-refractivity contribution in [1.29, 1.82) is 0 Å². The van der Waals surface area contributed by atoms with E-state index < -0.39 is 0 Å². The number of nitrogens with one attached hydrogen (secondary N) is 2. The van der Waals surface area contributed by atoms with Gasteiger partial charge in [-0.25, -0.2) is 5.43 Å². The Bertz CT molecular complexity index is 928. The number of hydrazone groups is 1. The minimum Gasteiger partial charge on any atom is -0.497 e. The van der Waals surface area contributed by atoms with Crippen LogP contribution in [0.5, 0.6) is 5.75 Å². The number of benzene rings is 2. The molecular formula is C21H23N3O2. The third kappa shape index (κ3) is 4.30. The summed E-state index contributed by atoms with van der Waals surface area (Å²) < 4.78 is 5.21. The molecule has 0 unspecified atom stereocenters. The Morgan fingerprint density at radius 3 is 2.92 bits per heavy atom. The zero-order chi connectivity index (χ0) is 18.4. The van der Waals surface area contributed by atoms with Gasteiger partial charge in [0.25, 0.3) is 0 Å². The molecule has 5 nitrogen and oxygen atoms in total. The molecule has 3 aromatic rings. The number of hydrogen-bond acceptors (Lipinski definition) is 3. The van der Waals surface area contributed by atoms with Crippen LogP contribution in [0.1, 0.15) is 29.5 Å². The smallest absolute Gasteiger partial charge is 0.240 e. The number of aromatic amines is 1. The number of para-hydroxylation sites is 1. The molecule has 0 aliphatic heterocycles. The van der Waals surface area contributed by atoms with E-state index in [1.165, 1.54) is 11.1 Å². The van der Waals surface area contributed by atoms with Crippen molar-refractivity contribution in [1.82, 2.24) is 10.4 Å². The molecule has 0 spiro atoms. The molecule has 0 saturated heterocycles. The minimum atomic E-state index is -0.0766. The van der Waals surface area contributed by atoms with Gasteiger partial charge in [0.2, 0.25) is 5.91 Å². The van der Waals surface area contributed by atoms with Crippen molar-refractivity contribution in [2.45, 2.75) is 26.2 Å². The van der Waals surface area contributed by atoms with Crippen LogP contribution in [0.2, 0.25) is 0 Å². The van der Waals surface area contributed by atoms with E-state index in [0.717, 1.165) is 35.1 Å². The molecule has 0 radical (unpaired) electrons. The van der Waals surface area contributed by atoms with Crippen molar-refractivity contribution < 1.29 is 9.53 Å². The van der Waals surface area contributed by atoms with Gasteiger partial charge < -0.3 is 9.72 Å². The largest absolute Gasteiger partial charge is 0.497 e. The summed E-state index contributed by atoms with van der Waals surface area (Å²) in [5.41, 5.74) is 7.03. The lowest BCUT2D eigenvalue weighted by atomic mass is 10.0. The quantitative estimate of drug-likeness (QED) is 0.501. The molecule has 1 amide bonds. The predicted molar refractivity (Wildman–Crippen MR) is 105 cm³/mol. The first-order chi connectivity index (χ1) is 12.7. The standard InChI is InChI=1S/C21H23N3O2/c1-15-12-18(26-2)11-10-16(15)6-5-9-21(25)24-23-14-17-13-22-20-8-4-3-7-19(17)20/h3-4,7-8,10-14,22H,5-6,9H2,1-2H3,(H,24,25)/b23-14-. The molecule has 1 aromatic heterocycles. The number of carbonyl (C=O) groups is 1. The third-order valence-electron chi connectivity index (χ3n) is 4.41. The minimum absolute atomic E-state index is 0.0766. The van der Waals surface area contributed by atoms with Gasteiger partial charge in [-0.1, -0.05) is 24.3 Å². The van der Waals surface area contributed by atoms with Gasteiger partial charge in [-0.3, -0.25) is 4.79 Å². The normalized spacial score (nSPS) is 11.2. The van der Waals surface area contributed by atoms with E-state index in [0.29, 0.717) is 6.42 Å². The molecule has 0 bridgehead atoms. The Morgan fingerprint density at radius 2 is 2.12 bits per heavy atom. The van der Waals surface area contributed by atoms with Gasteiger partial charge in [0, 0.05) is 29.1 Å². The Balaban J connectivity index is 1.47. The Kier molecular flexibility index (Phi) is 5.69. The van der Waals surface area contributed by atoms with Crippen LogP contribution in [0.15, 0.2) is 53.8 Å². The fourth-order valence-electron chi connectivity index (χ4n) is 2.95. The fourth-order valence-corrected chi connectivity index (χ4v) is 2.95. The summed E-state index contributed by atoms with van der Waals surface area (Å²) in [6.45, 7) is 2.06. The van der Waals surface area contributed by atoms with Crippen LogP contribution in [0.4, 0.5) is 0 Å². The van der Waals surface area contributed by atoms with Gasteiger partial charge in [-0.05, 0) is 49.1 Å². The second kappa shape index (κ2) is 8.34. The second-order valence-electron chi connectivity index (χ2n) is 6.23. The highest BCUT2D eigenvalue weighted by Crippen LogP contribution is 2.18. The second-order valence-corrected chi connectivity index (χ2v) is 6.23. The van der Waals surface area contributed by atoms with E-state index in [1.807, 2.05) is 42.6 Å². The highest BCUT2D eigenvalue weighted by molar-refractivity contribution is 5.99. The molecule has 3 rings (SSSR count). The molecule has 0 atom stereocenters. The van der Waals surface area contributed by atoms with Crippen LogP contribution in [-0.2, 0) is 11.2 Å². The number of methoxy groups -OCH3 is 1. The summed E-state index contributed by atoms with van der Waals surface area (Å²) in [5, 5.41) is 5.15. The summed E-state index contributed by atoms with van der Waals surface area (Å²) in [7, 11) is 1.66. The number of aryl methyl sites for hydroxylation is 2. The summed E-state index contributed by atoms with van der Waals surface area (Å²) >= 11 is 0. The van der Waals surface area contributed by atoms with Crippen molar-refractivity contribution in [3.63, 3.8) is 0 Å². The van der Waals surface area contributed by atoms with Crippen LogP contribution in [-0.4, -0.2) is 24.2 Å². The average Bonchev–Trinajstić information content (AvgIpc) is 3.06. The number of ether oxygens (including phenoxy) is 1. The molecule has 5 heteroatoms. The summed E-state index contributed by atoms with van der Waals surface area (Å²) in [5.74, 6) is 0.780. The molecular weight excluding hydrogens is 326 g/mol. The van der Waals surface area contributed by atoms with Crippen LogP contribution >= 0.6 is 0 Å². The summed E-state index contributed by atoms with van der Waals surface area (Å²) in [6, 6.07) is 14.0. The Labute approximate surface area is 153 Å². The Morgan fingerprint density at radius 1 is 1.27 bits per heavy atom. The van der Waals surface area contributed by atoms with E-state index in [4.69, 9.17) is 4.74 Å². The van der Waals surface area contributed by atoms with E-state index in [1.54, 1.807) is 13.3 Å². The number of H-pyrrole nitrogens is 1. The first-order valence-corrected chi connectivity index (χ1v) is 8.69. The number of hydrogen-bond donors (Lipinski definition) is 2. The zero-order valence-corrected chi connectivity index (χ0v) is 15.1. The van der Waals surface area contributed by atoms with Gasteiger partial charge in [-0.2, -0.15) is 5.10 Å². The third-order valence-corrected chi connectivity index (χ3v) is 4.41. The molecule has 1 heterocycles. The molecule has 26 heavy (non-hydrogen) atoms. The average molecular weight is 349 g/mol. The maximum absolute atomic E-state index is 12.0. The zero-order valence-electron chi connectivity index (χ0n) is 15.1. The van der Waals surface area contributed by atoms with Gasteiger partial charge >= 0.3 is 0 Å². The molecule has 0 fully saturated rings. The van der Waals surface area contributed by atoms with Crippen molar-refractivity contribution in [2.24, 2.45) is 5.10 Å². The monoisotopic (exact) mass is 349 g/mol. The van der Waals surface area contributed by atoms with E-state index in [-0.39, 0.29) is 5.91 Å². The lowest BCUT2D eigenvalue weighted by Gasteiger charge is -2.07. The van der Waals surface area contributed by atoms with Crippen molar-refractivity contribution >= 4 is 23.0 Å². The van der Waals surface area contributed by atoms with Crippen LogP contribution in [0.3, 0.4) is 0 Å². The maximum Gasteiger partial charge on any atom is 0.240 e. The fraction of sp³-hybridized carbons (Fsp3) is 0.238. The number of carbonyl (C=O) groups excluding carboxylic acids is 1. The lowest BCUT2D eigenvalue weighted by molar-refractivity contribution is -0.121. The number of fused-ring (bicyclic) bond motifs is 1. The number of aromatic nitrogens is 1. The molecule has 2 aromatic carbocycles. The highest BCUT2D eigenvalue weighted by atomic mass is 16.5. The highest BCUT2D eigenvalue weighted by Gasteiger charge is 2.04. The van der Waals surface area contributed by atoms with Gasteiger partial charge in [-0.15, -0.1) is 0 Å². The van der Waals surface area contributed by atoms with E-state index in [9.17, 15) is 4.79 Å². The number of nitrogens with zero attached hydrogens (tertiary/aromatic N) is 1. The van der Waals surface area contributed by atoms with Crippen LogP contribution in [0.25, 0.3) is 10.9 Å². The van der Waals surface area contributed by atoms with Crippen molar-refractivity contribution in [3.05, 3.63) is 65.4 Å². The van der Waals surface area contributed by atoms with Crippen molar-refractivity contribution in [3.8, 4) is 5.75 Å². The lowest BCUT2D eigenvalue weighted by Crippen LogP contribution is -2.17. The summed E-state index contributed by atoms with van der Waals surface area (Å²) in [6.07, 6.45) is 5.63. The number of amides is 1. The molecule has 2 N–H and O–H groups in total. The van der Waals surface area contributed by atoms with Gasteiger partial charge in [0.15, 0.2) is 0 Å². The molecule has 134 valence electrons. The Hall–Kier alpha value is -3.08. The van der Waals surface area contributed by atoms with Crippen molar-refractivity contribution in [2.75, 3.05) is 7.11 Å². The maximum atomic E-state index is 12.0. The van der Waals surface area contributed by atoms with Gasteiger partial charge in [0.1, 0.15) is 5.75 Å². The van der Waals surface area contributed by atoms with Gasteiger partial charge in [0.05, 0.1) is 13.3 Å². The number of rotatable bonds is 7. The molecule has 0 aliphatic rings. The first-order valence-electron chi connectivity index (χ1n) is 8.69. The predicted octanol–water partition coefficient (Wildman–Crippen LogP) is 3.96. The molecule has 0 saturated carbocycles. The molecule has 0 aliphatic carbocycles.